The highest BCUT2D eigenvalue weighted by Crippen LogP contribution is 2.24. The molecule has 1 aliphatic rings. The molecule has 1 aromatic carbocycles. The first-order valence-corrected chi connectivity index (χ1v) is 9.37. The van der Waals surface area contributed by atoms with Gasteiger partial charge >= 0.3 is 0 Å². The fourth-order valence-electron chi connectivity index (χ4n) is 2.64. The van der Waals surface area contributed by atoms with Crippen LogP contribution in [-0.2, 0) is 14.8 Å². The minimum absolute atomic E-state index is 0.0445. The molecule has 1 amide bonds. The van der Waals surface area contributed by atoms with Gasteiger partial charge in [0.05, 0.1) is 13.2 Å². The van der Waals surface area contributed by atoms with E-state index in [1.54, 1.807) is 30.9 Å². The molecule has 1 atom stereocenters. The van der Waals surface area contributed by atoms with Crippen LogP contribution in [0.5, 0.6) is 5.75 Å². The van der Waals surface area contributed by atoms with Crippen molar-refractivity contribution < 1.29 is 17.9 Å². The Kier molecular flexibility index (Phi) is 5.84. The monoisotopic (exact) mass is 355 g/mol. The normalized spacial score (nSPS) is 17.6. The van der Waals surface area contributed by atoms with E-state index in [0.717, 1.165) is 18.7 Å². The summed E-state index contributed by atoms with van der Waals surface area (Å²) in [5.41, 5.74) is 0.800. The summed E-state index contributed by atoms with van der Waals surface area (Å²) in [6, 6.07) is 4.09. The first-order valence-electron chi connectivity index (χ1n) is 7.89. The van der Waals surface area contributed by atoms with E-state index in [2.05, 4.69) is 9.62 Å². The fourth-order valence-corrected chi connectivity index (χ4v) is 4.09. The Morgan fingerprint density at radius 3 is 2.46 bits per heavy atom. The van der Waals surface area contributed by atoms with Gasteiger partial charge in [-0.1, -0.05) is 6.07 Å². The van der Waals surface area contributed by atoms with Crippen LogP contribution in [-0.4, -0.2) is 70.5 Å². The number of likely N-dealkylation sites (N-methyl/N-ethyl adjacent to an activating group) is 1. The Balaban J connectivity index is 2.14. The number of rotatable bonds is 5. The van der Waals surface area contributed by atoms with Crippen LogP contribution in [0.25, 0.3) is 0 Å². The maximum absolute atomic E-state index is 12.6. The zero-order valence-electron chi connectivity index (χ0n) is 14.6. The van der Waals surface area contributed by atoms with Crippen molar-refractivity contribution in [3.05, 3.63) is 23.8 Å². The Labute approximate surface area is 143 Å². The second-order valence-corrected chi connectivity index (χ2v) is 7.81. The number of nitrogens with one attached hydrogen (secondary N) is 1. The van der Waals surface area contributed by atoms with E-state index < -0.39 is 16.1 Å². The van der Waals surface area contributed by atoms with Crippen molar-refractivity contribution in [1.82, 2.24) is 14.5 Å². The third kappa shape index (κ3) is 4.25. The quantitative estimate of drug-likeness (QED) is 0.829. The van der Waals surface area contributed by atoms with E-state index >= 15 is 0 Å². The minimum Gasteiger partial charge on any atom is -0.495 e. The third-order valence-electron chi connectivity index (χ3n) is 4.13. The van der Waals surface area contributed by atoms with Crippen LogP contribution in [0.4, 0.5) is 0 Å². The van der Waals surface area contributed by atoms with Gasteiger partial charge in [0, 0.05) is 26.2 Å². The number of benzene rings is 1. The lowest BCUT2D eigenvalue weighted by Gasteiger charge is -2.34. The number of nitrogens with zero attached hydrogens (tertiary/aromatic N) is 2. The Hall–Kier alpha value is -1.64. The molecular weight excluding hydrogens is 330 g/mol. The van der Waals surface area contributed by atoms with Gasteiger partial charge in [-0.2, -0.15) is 4.72 Å². The lowest BCUT2D eigenvalue weighted by atomic mass is 10.2. The minimum atomic E-state index is -3.85. The summed E-state index contributed by atoms with van der Waals surface area (Å²) in [5.74, 6) is 0.0469. The van der Waals surface area contributed by atoms with E-state index in [9.17, 15) is 13.2 Å². The first kappa shape index (κ1) is 18.7. The van der Waals surface area contributed by atoms with Crippen molar-refractivity contribution in [2.75, 3.05) is 40.3 Å². The molecule has 0 bridgehead atoms. The van der Waals surface area contributed by atoms with Crippen LogP contribution >= 0.6 is 0 Å². The Bertz CT molecular complexity index is 697. The Morgan fingerprint density at radius 1 is 1.25 bits per heavy atom. The highest BCUT2D eigenvalue weighted by atomic mass is 32.2. The number of carbonyl (C=O) groups excluding carboxylic acids is 1. The molecular formula is C16H25N3O4S. The molecule has 0 spiro atoms. The van der Waals surface area contributed by atoms with Crippen LogP contribution in [0.15, 0.2) is 23.1 Å². The predicted octanol–water partition coefficient (Wildman–Crippen LogP) is 0.444. The van der Waals surface area contributed by atoms with Crippen LogP contribution in [0, 0.1) is 6.92 Å². The van der Waals surface area contributed by atoms with Crippen molar-refractivity contribution in [2.45, 2.75) is 24.8 Å². The Morgan fingerprint density at radius 2 is 1.88 bits per heavy atom. The summed E-state index contributed by atoms with van der Waals surface area (Å²) in [5, 5.41) is 0. The first-order chi connectivity index (χ1) is 11.2. The van der Waals surface area contributed by atoms with Crippen LogP contribution < -0.4 is 9.46 Å². The molecule has 1 fully saturated rings. The van der Waals surface area contributed by atoms with Crippen molar-refractivity contribution in [3.63, 3.8) is 0 Å². The van der Waals surface area contributed by atoms with E-state index in [1.165, 1.54) is 13.2 Å². The SMILES string of the molecule is COc1ccc(C)cc1S(=O)(=O)N[C@@H](C)C(=O)N1CCN(C)CC1. The topological polar surface area (TPSA) is 78.9 Å². The van der Waals surface area contributed by atoms with Gasteiger partial charge in [-0.15, -0.1) is 0 Å². The number of piperazine rings is 1. The van der Waals surface area contributed by atoms with Crippen LogP contribution in [0.3, 0.4) is 0 Å². The number of aryl methyl sites for hydroxylation is 1. The predicted molar refractivity (Wildman–Crippen MR) is 91.6 cm³/mol. The third-order valence-corrected chi connectivity index (χ3v) is 5.69. The molecule has 0 radical (unpaired) electrons. The molecule has 0 aliphatic carbocycles. The summed E-state index contributed by atoms with van der Waals surface area (Å²) in [6.45, 7) is 6.16. The fraction of sp³-hybridized carbons (Fsp3) is 0.562. The van der Waals surface area contributed by atoms with Gasteiger partial charge in [0.25, 0.3) is 0 Å². The van der Waals surface area contributed by atoms with E-state index in [-0.39, 0.29) is 16.6 Å². The molecule has 134 valence electrons. The molecule has 1 aliphatic heterocycles. The number of hydrogen-bond donors (Lipinski definition) is 1. The molecule has 0 aromatic heterocycles. The summed E-state index contributed by atoms with van der Waals surface area (Å²) >= 11 is 0. The molecule has 1 aromatic rings. The standard InChI is InChI=1S/C16H25N3O4S/c1-12-5-6-14(23-4)15(11-12)24(21,22)17-13(2)16(20)19-9-7-18(3)8-10-19/h5-6,11,13,17H,7-10H2,1-4H3/t13-/m0/s1. The average Bonchev–Trinajstić information content (AvgIpc) is 2.54. The number of carbonyl (C=O) groups is 1. The molecule has 1 N–H and O–H groups in total. The summed E-state index contributed by atoms with van der Waals surface area (Å²) < 4.78 is 32.9. The number of sulfonamides is 1. The second kappa shape index (κ2) is 7.50. The molecule has 8 heteroatoms. The van der Waals surface area contributed by atoms with E-state index in [0.29, 0.717) is 13.1 Å². The zero-order chi connectivity index (χ0) is 17.9. The van der Waals surface area contributed by atoms with E-state index in [1.807, 2.05) is 7.05 Å². The molecule has 2 rings (SSSR count). The van der Waals surface area contributed by atoms with Gasteiger partial charge < -0.3 is 14.5 Å². The van der Waals surface area contributed by atoms with Gasteiger partial charge in [-0.05, 0) is 38.6 Å². The highest BCUT2D eigenvalue weighted by Gasteiger charge is 2.29. The summed E-state index contributed by atoms with van der Waals surface area (Å²) in [6.07, 6.45) is 0. The van der Waals surface area contributed by atoms with Gasteiger partial charge in [-0.3, -0.25) is 4.79 Å². The number of methoxy groups -OCH3 is 1. The summed E-state index contributed by atoms with van der Waals surface area (Å²) in [7, 11) is -0.435. The number of ether oxygens (including phenoxy) is 1. The molecule has 7 nitrogen and oxygen atoms in total. The van der Waals surface area contributed by atoms with Gasteiger partial charge in [-0.25, -0.2) is 8.42 Å². The average molecular weight is 355 g/mol. The van der Waals surface area contributed by atoms with Crippen molar-refractivity contribution >= 4 is 15.9 Å². The van der Waals surface area contributed by atoms with Gasteiger partial charge in [0.15, 0.2) is 0 Å². The van der Waals surface area contributed by atoms with Gasteiger partial charge in [0.2, 0.25) is 15.9 Å². The highest BCUT2D eigenvalue weighted by molar-refractivity contribution is 7.89. The molecule has 1 heterocycles. The van der Waals surface area contributed by atoms with Gasteiger partial charge in [0.1, 0.15) is 10.6 Å². The van der Waals surface area contributed by atoms with Crippen molar-refractivity contribution in [1.29, 1.82) is 0 Å². The smallest absolute Gasteiger partial charge is 0.244 e. The summed E-state index contributed by atoms with van der Waals surface area (Å²) in [4.78, 5) is 16.4. The maximum atomic E-state index is 12.6. The number of amides is 1. The van der Waals surface area contributed by atoms with E-state index in [4.69, 9.17) is 4.74 Å². The lowest BCUT2D eigenvalue weighted by molar-refractivity contribution is -0.134. The largest absolute Gasteiger partial charge is 0.495 e. The lowest BCUT2D eigenvalue weighted by Crippen LogP contribution is -2.53. The number of hydrogen-bond acceptors (Lipinski definition) is 5. The second-order valence-electron chi connectivity index (χ2n) is 6.13. The van der Waals surface area contributed by atoms with Crippen molar-refractivity contribution in [3.8, 4) is 5.75 Å². The molecule has 1 saturated heterocycles. The molecule has 0 saturated carbocycles. The maximum Gasteiger partial charge on any atom is 0.244 e. The molecule has 24 heavy (non-hydrogen) atoms. The van der Waals surface area contributed by atoms with Crippen molar-refractivity contribution in [2.24, 2.45) is 0 Å². The van der Waals surface area contributed by atoms with Crippen LogP contribution in [0.2, 0.25) is 0 Å². The molecule has 0 unspecified atom stereocenters. The zero-order valence-corrected chi connectivity index (χ0v) is 15.4. The van der Waals surface area contributed by atoms with Crippen LogP contribution in [0.1, 0.15) is 12.5 Å².